The molecule has 96 heavy (non-hydrogen) atoms. The number of fused-ring (bicyclic) bond motifs is 4. The summed E-state index contributed by atoms with van der Waals surface area (Å²) in [6.45, 7) is 24.2. The Morgan fingerprint density at radius 3 is 1.47 bits per heavy atom. The smallest absolute Gasteiger partial charge is 0.328 e. The molecular weight excluding hydrogens is 1350 g/mol. The summed E-state index contributed by atoms with van der Waals surface area (Å²) < 4.78 is 65.7. The van der Waals surface area contributed by atoms with Crippen LogP contribution < -0.4 is 20.9 Å². The number of alkyl halides is 2. The fourth-order valence-corrected chi connectivity index (χ4v) is 10.9. The van der Waals surface area contributed by atoms with Crippen molar-refractivity contribution in [3.05, 3.63) is 154 Å². The number of hydrogen-bond acceptors (Lipinski definition) is 14. The number of aromatic nitrogens is 6. The predicted molar refractivity (Wildman–Crippen MR) is 402 cm³/mol. The van der Waals surface area contributed by atoms with E-state index >= 15 is 8.78 Å². The minimum Gasteiger partial charge on any atom is -0.478 e. The third kappa shape index (κ3) is 23.7. The molecule has 18 nitrogen and oxygen atoms in total. The van der Waals surface area contributed by atoms with Crippen molar-refractivity contribution in [1.29, 1.82) is 0 Å². The number of nitrogen functional groups attached to an aromatic ring is 2. The van der Waals surface area contributed by atoms with Gasteiger partial charge in [0.05, 0.1) is 10.8 Å². The number of rotatable bonds is 18. The van der Waals surface area contributed by atoms with Gasteiger partial charge in [-0.3, -0.25) is 14.8 Å². The predicted octanol–water partition coefficient (Wildman–Crippen LogP) is 15.1. The second-order valence-corrected chi connectivity index (χ2v) is 22.4. The quantitative estimate of drug-likeness (QED) is 0.0413. The first kappa shape index (κ1) is 86.6. The molecule has 2 saturated heterocycles. The lowest BCUT2D eigenvalue weighted by molar-refractivity contribution is -0.131. The minimum atomic E-state index is -1.11. The Labute approximate surface area is 597 Å². The molecule has 4 atom stereocenters. The Morgan fingerprint density at radius 2 is 1.11 bits per heavy atom. The van der Waals surface area contributed by atoms with Crippen LogP contribution >= 0.6 is 77.2 Å². The normalized spacial score (nSPS) is 14.5. The lowest BCUT2D eigenvalue weighted by Crippen LogP contribution is -2.38. The van der Waals surface area contributed by atoms with E-state index in [0.717, 1.165) is 72.5 Å². The molecule has 0 unspecified atom stereocenters. The Morgan fingerprint density at radius 1 is 0.698 bits per heavy atom. The van der Waals surface area contributed by atoms with Crippen LogP contribution in [0.2, 0.25) is 10.0 Å². The van der Waals surface area contributed by atoms with Crippen LogP contribution in [-0.4, -0.2) is 153 Å². The number of ether oxygens (including phenoxy) is 2. The zero-order valence-electron chi connectivity index (χ0n) is 53.7. The van der Waals surface area contributed by atoms with E-state index in [0.29, 0.717) is 64.2 Å². The molecule has 4 aromatic heterocycles. The summed E-state index contributed by atoms with van der Waals surface area (Å²) in [5.41, 5.74) is 13.8. The third-order valence-electron chi connectivity index (χ3n) is 15.2. The highest BCUT2D eigenvalue weighted by atomic mass is 35.5. The second-order valence-electron chi connectivity index (χ2n) is 21.6. The number of aliphatic carboxylic acids is 1. The van der Waals surface area contributed by atoms with Gasteiger partial charge in [-0.1, -0.05) is 112 Å². The van der Waals surface area contributed by atoms with Crippen LogP contribution in [0.1, 0.15) is 73.6 Å². The van der Waals surface area contributed by atoms with Crippen LogP contribution in [0.4, 0.5) is 29.2 Å². The molecule has 5 N–H and O–H groups in total. The van der Waals surface area contributed by atoms with Crippen molar-refractivity contribution in [1.82, 2.24) is 44.6 Å². The zero-order chi connectivity index (χ0) is 66.1. The summed E-state index contributed by atoms with van der Waals surface area (Å²) in [7, 11) is 4.12. The topological polar surface area (TPSA) is 221 Å². The highest BCUT2D eigenvalue weighted by molar-refractivity contribution is 7.59. The number of allylic oxidation sites excluding steroid dienone is 2. The number of nitrogens with zero attached hydrogens (tertiary/aromatic N) is 11. The van der Waals surface area contributed by atoms with Gasteiger partial charge in [0.1, 0.15) is 66.7 Å². The van der Waals surface area contributed by atoms with Gasteiger partial charge in [0.2, 0.25) is 19.0 Å². The van der Waals surface area contributed by atoms with Gasteiger partial charge in [-0.15, -0.1) is 0 Å². The molecule has 0 radical (unpaired) electrons. The summed E-state index contributed by atoms with van der Waals surface area (Å²) >= 11 is 12.9. The van der Waals surface area contributed by atoms with E-state index in [4.69, 9.17) is 62.4 Å². The molecule has 520 valence electrons. The third-order valence-corrected chi connectivity index (χ3v) is 15.8. The van der Waals surface area contributed by atoms with Gasteiger partial charge in [0.25, 0.3) is 0 Å². The molecule has 4 aromatic carbocycles. The number of likely N-dealkylation sites (N-methyl/N-ethyl adjacent to an activating group) is 3. The number of carbonyl (C=O) groups is 2. The number of hydrogen-bond donors (Lipinski definition) is 3. The lowest BCUT2D eigenvalue weighted by atomic mass is 10.0. The molecule has 0 aliphatic carbocycles. The van der Waals surface area contributed by atoms with Crippen LogP contribution in [0.5, 0.6) is 12.0 Å². The van der Waals surface area contributed by atoms with Gasteiger partial charge in [0, 0.05) is 81.0 Å². The SMILES string of the molecule is C.CN1CCC[C@H]1COc1nc(N)c2cnc(-c3cccc4cccc(Cl)c34)c(F)c2n1.CN1CCC[C@H]1COc1nc(N)c2cnc(-c3cccc4cccc(Cl)c34)c(F)c2n1.O=C(O)/C=C/CF.S.S.S.S.[C-]#[N+]C[C@@H](C)CCC.[C-]#[N+]C[C@@H](C)N(CC)C(=O)/C=C/CF. The molecule has 0 bridgehead atoms. The van der Waals surface area contributed by atoms with Crippen molar-refractivity contribution < 1.29 is 41.7 Å². The lowest BCUT2D eigenvalue weighted by Gasteiger charge is -2.22. The van der Waals surface area contributed by atoms with Crippen molar-refractivity contribution >= 4 is 144 Å². The molecule has 2 aliphatic rings. The summed E-state index contributed by atoms with van der Waals surface area (Å²) in [6, 6.07) is 22.9. The molecule has 2 fully saturated rings. The van der Waals surface area contributed by atoms with Gasteiger partial charge >= 0.3 is 18.0 Å². The fraction of sp³-hybridized carbons (Fsp3) is 0.382. The number of halogens is 6. The first-order valence-electron chi connectivity index (χ1n) is 29.7. The largest absolute Gasteiger partial charge is 0.478 e. The number of likely N-dealkylation sites (tertiary alicyclic amines) is 2. The standard InChI is InChI=1S/2C23H21ClFN5O.C10H15FN2O.C7H13N.C4H5FO2.CH4.4H2S/c2*1-30-10-4-7-14(30)12-31-23-28-21-16(22(26)29-23)11-27-20(19(21)25)15-8-2-5-13-6-3-9-17(24)18(13)15;1-4-13(9(2)8-12-3)10(14)6-5-7-11;1-4-5-7(2)6-8-3;5-3-1-2-4(6)7;;;;;/h2*2-3,5-6,8-9,11,14H,4,7,10,12H2,1H3,(H2,26,28,29);5-6,9H,4,7-8H2,1-2H3;7H,4-6H2,1-2H3;1-2H,3H2,(H,6,7);1H4;4*1H2/b;;6-5+;;2-1+;;;;;/t2*14-;9-;7-;;;;;;/m0010....../s1. The number of carbonyl (C=O) groups excluding carboxylic acids is 1. The van der Waals surface area contributed by atoms with Crippen molar-refractivity contribution in [3.63, 3.8) is 0 Å². The molecular formula is C68H87Cl2F4N13O5S4. The second kappa shape index (κ2) is 43.7. The Hall–Kier alpha value is -7.40. The molecule has 10 rings (SSSR count). The number of carboxylic acid groups (broad SMARTS) is 1. The maximum absolute atomic E-state index is 15.7. The van der Waals surface area contributed by atoms with Crippen LogP contribution in [0.3, 0.4) is 0 Å². The van der Waals surface area contributed by atoms with Gasteiger partial charge in [-0.05, 0) is 108 Å². The van der Waals surface area contributed by atoms with Crippen molar-refractivity contribution in [2.45, 2.75) is 91.8 Å². The molecule has 1 amide bonds. The molecule has 0 spiro atoms. The molecule has 0 saturated carbocycles. The highest BCUT2D eigenvalue weighted by Crippen LogP contribution is 2.38. The Balaban J connectivity index is 0.000000664. The monoisotopic (exact) mass is 1440 g/mol. The number of anilines is 2. The molecule has 2 aliphatic heterocycles. The summed E-state index contributed by atoms with van der Waals surface area (Å²) in [4.78, 5) is 59.2. The number of amides is 1. The van der Waals surface area contributed by atoms with Gasteiger partial charge in [-0.2, -0.15) is 73.9 Å². The highest BCUT2D eigenvalue weighted by Gasteiger charge is 2.26. The van der Waals surface area contributed by atoms with E-state index in [1.165, 1.54) is 37.4 Å². The van der Waals surface area contributed by atoms with Gasteiger partial charge < -0.3 is 50.4 Å². The van der Waals surface area contributed by atoms with E-state index < -0.39 is 31.0 Å². The fourth-order valence-electron chi connectivity index (χ4n) is 10.4. The Kier molecular flexibility index (Phi) is 39.4. The van der Waals surface area contributed by atoms with Crippen LogP contribution in [0.15, 0.2) is 109 Å². The average molecular weight is 1440 g/mol. The van der Waals surface area contributed by atoms with E-state index in [-0.39, 0.29) is 138 Å². The first-order valence-corrected chi connectivity index (χ1v) is 30.5. The maximum Gasteiger partial charge on any atom is 0.328 e. The summed E-state index contributed by atoms with van der Waals surface area (Å²) in [6.07, 6.45) is 13.8. The first-order chi connectivity index (χ1) is 43.8. The van der Waals surface area contributed by atoms with Gasteiger partial charge in [0.15, 0.2) is 11.6 Å². The van der Waals surface area contributed by atoms with Crippen molar-refractivity contribution in [3.8, 4) is 34.5 Å². The summed E-state index contributed by atoms with van der Waals surface area (Å²) in [5.74, 6) is -1.64. The van der Waals surface area contributed by atoms with Crippen molar-refractivity contribution in [2.75, 3.05) is 84.8 Å². The maximum atomic E-state index is 15.7. The molecule has 6 heterocycles. The van der Waals surface area contributed by atoms with Crippen LogP contribution in [0.25, 0.3) is 75.6 Å². The van der Waals surface area contributed by atoms with Gasteiger partial charge in [-0.25, -0.2) is 35.5 Å². The molecule has 8 aromatic rings. The van der Waals surface area contributed by atoms with Crippen LogP contribution in [0, 0.1) is 30.7 Å². The average Bonchev–Trinajstić information content (AvgIpc) is 0.822. The van der Waals surface area contributed by atoms with Crippen molar-refractivity contribution in [2.24, 2.45) is 5.92 Å². The summed E-state index contributed by atoms with van der Waals surface area (Å²) in [5, 5.41) is 12.8. The van der Waals surface area contributed by atoms with E-state index in [9.17, 15) is 18.4 Å². The molecule has 28 heteroatoms. The number of pyridine rings is 2. The van der Waals surface area contributed by atoms with Crippen LogP contribution in [-0.2, 0) is 9.59 Å². The Bertz CT molecular complexity index is 3740. The van der Waals surface area contributed by atoms with E-state index in [1.807, 2.05) is 62.4 Å². The number of nitrogens with two attached hydrogens (primary N) is 2. The number of carboxylic acids is 1. The van der Waals surface area contributed by atoms with E-state index in [1.54, 1.807) is 29.2 Å². The minimum absolute atomic E-state index is 0. The zero-order valence-corrected chi connectivity index (χ0v) is 59.2. The number of benzene rings is 4. The van der Waals surface area contributed by atoms with E-state index in [2.05, 4.69) is 77.3 Å².